The van der Waals surface area contributed by atoms with Crippen molar-refractivity contribution in [1.29, 1.82) is 0 Å². The molecule has 0 radical (unpaired) electrons. The first-order chi connectivity index (χ1) is 14.0. The molecule has 0 aliphatic carbocycles. The summed E-state index contributed by atoms with van der Waals surface area (Å²) in [6.45, 7) is 5.42. The average Bonchev–Trinajstić information content (AvgIpc) is 3.31. The number of ketones is 1. The molecule has 1 aliphatic rings. The normalized spacial score (nSPS) is 13.4. The van der Waals surface area contributed by atoms with Crippen LogP contribution >= 0.6 is 0 Å². The van der Waals surface area contributed by atoms with Gasteiger partial charge in [0, 0.05) is 43.6 Å². The van der Waals surface area contributed by atoms with Gasteiger partial charge in [-0.15, -0.1) is 0 Å². The summed E-state index contributed by atoms with van der Waals surface area (Å²) in [7, 11) is 0. The van der Waals surface area contributed by atoms with Crippen LogP contribution in [-0.2, 0) is 22.6 Å². The molecule has 0 spiro atoms. The lowest BCUT2D eigenvalue weighted by Gasteiger charge is -2.27. The highest BCUT2D eigenvalue weighted by atomic mass is 16.5. The van der Waals surface area contributed by atoms with Gasteiger partial charge in [-0.3, -0.25) is 14.5 Å². The zero-order valence-corrected chi connectivity index (χ0v) is 16.7. The number of carbonyl (C=O) groups is 2. The quantitative estimate of drug-likeness (QED) is 0.641. The monoisotopic (exact) mass is 392 g/mol. The highest BCUT2D eigenvalue weighted by Crippen LogP contribution is 2.23. The second-order valence-corrected chi connectivity index (χ2v) is 7.53. The van der Waals surface area contributed by atoms with Crippen LogP contribution in [0.25, 0.3) is 11.3 Å². The van der Waals surface area contributed by atoms with E-state index in [1.807, 2.05) is 48.9 Å². The van der Waals surface area contributed by atoms with Crippen LogP contribution in [-0.4, -0.2) is 33.2 Å². The van der Waals surface area contributed by atoms with Crippen LogP contribution in [0.3, 0.4) is 0 Å². The van der Waals surface area contributed by atoms with E-state index in [-0.39, 0.29) is 31.0 Å². The van der Waals surface area contributed by atoms with Gasteiger partial charge >= 0.3 is 0 Å². The number of hydrogen-bond acceptors (Lipinski definition) is 5. The Labute approximate surface area is 169 Å². The number of fused-ring (bicyclic) bond motifs is 1. The van der Waals surface area contributed by atoms with Crippen molar-refractivity contribution < 1.29 is 14.1 Å². The molecule has 0 unspecified atom stereocenters. The average molecular weight is 392 g/mol. The van der Waals surface area contributed by atoms with Crippen molar-refractivity contribution in [3.05, 3.63) is 53.4 Å². The number of hydrogen-bond donors (Lipinski definition) is 0. The largest absolute Gasteiger partial charge is 0.360 e. The minimum atomic E-state index is -0.0442. The van der Waals surface area contributed by atoms with Crippen LogP contribution in [0.15, 0.2) is 40.9 Å². The van der Waals surface area contributed by atoms with Crippen molar-refractivity contribution in [3.63, 3.8) is 0 Å². The van der Waals surface area contributed by atoms with Crippen LogP contribution in [0.2, 0.25) is 0 Å². The Morgan fingerprint density at radius 1 is 1.10 bits per heavy atom. The lowest BCUT2D eigenvalue weighted by atomic mass is 10.1. The number of amides is 1. The Balaban J connectivity index is 1.33. The third-order valence-electron chi connectivity index (χ3n) is 5.07. The standard InChI is InChI=1S/C22H24N4O3/c1-15-5-3-6-17(11-15)20-14-19(29-24-20)13-18(27)7-8-22(28)25-9-4-10-26-21(25)12-16(2)23-26/h3,5-6,11-12,14H,4,7-10,13H2,1-2H3. The maximum Gasteiger partial charge on any atom is 0.228 e. The van der Waals surface area contributed by atoms with Crippen molar-refractivity contribution in [2.45, 2.75) is 46.1 Å². The SMILES string of the molecule is Cc1cccc(-c2cc(CC(=O)CCC(=O)N3CCCn4nc(C)cc43)on2)c1. The van der Waals surface area contributed by atoms with Gasteiger partial charge in [-0.1, -0.05) is 28.9 Å². The van der Waals surface area contributed by atoms with Crippen molar-refractivity contribution in [3.8, 4) is 11.3 Å². The second kappa shape index (κ2) is 8.03. The summed E-state index contributed by atoms with van der Waals surface area (Å²) in [6, 6.07) is 11.7. The van der Waals surface area contributed by atoms with E-state index in [9.17, 15) is 9.59 Å². The Morgan fingerprint density at radius 2 is 1.97 bits per heavy atom. The molecule has 2 aromatic heterocycles. The van der Waals surface area contributed by atoms with E-state index in [4.69, 9.17) is 4.52 Å². The van der Waals surface area contributed by atoms with Gasteiger partial charge in [-0.25, -0.2) is 4.68 Å². The van der Waals surface area contributed by atoms with Gasteiger partial charge in [-0.2, -0.15) is 5.10 Å². The van der Waals surface area contributed by atoms with Gasteiger partial charge in [0.25, 0.3) is 0 Å². The van der Waals surface area contributed by atoms with Gasteiger partial charge < -0.3 is 4.52 Å². The van der Waals surface area contributed by atoms with E-state index in [2.05, 4.69) is 10.3 Å². The molecule has 1 aromatic carbocycles. The molecule has 4 rings (SSSR count). The van der Waals surface area contributed by atoms with Crippen LogP contribution in [0.4, 0.5) is 5.82 Å². The van der Waals surface area contributed by atoms with Crippen molar-refractivity contribution in [1.82, 2.24) is 14.9 Å². The Morgan fingerprint density at radius 3 is 2.79 bits per heavy atom. The number of aromatic nitrogens is 3. The molecule has 7 nitrogen and oxygen atoms in total. The number of anilines is 1. The predicted molar refractivity (Wildman–Crippen MR) is 109 cm³/mol. The van der Waals surface area contributed by atoms with Crippen LogP contribution in [0, 0.1) is 13.8 Å². The molecular formula is C22H24N4O3. The number of nitrogens with zero attached hydrogens (tertiary/aromatic N) is 4. The van der Waals surface area contributed by atoms with Crippen LogP contribution in [0.5, 0.6) is 0 Å². The fourth-order valence-corrected chi connectivity index (χ4v) is 3.66. The van der Waals surface area contributed by atoms with E-state index in [0.717, 1.165) is 35.6 Å². The highest BCUT2D eigenvalue weighted by Gasteiger charge is 2.24. The Hall–Kier alpha value is -3.22. The first-order valence-corrected chi connectivity index (χ1v) is 9.89. The molecular weight excluding hydrogens is 368 g/mol. The molecule has 0 N–H and O–H groups in total. The molecule has 0 fully saturated rings. The molecule has 150 valence electrons. The number of aryl methyl sites for hydroxylation is 3. The van der Waals surface area contributed by atoms with E-state index in [1.54, 1.807) is 11.0 Å². The number of benzene rings is 1. The molecule has 0 atom stereocenters. The van der Waals surface area contributed by atoms with Gasteiger partial charge in [0.05, 0.1) is 12.1 Å². The summed E-state index contributed by atoms with van der Waals surface area (Å²) in [5, 5.41) is 8.47. The summed E-state index contributed by atoms with van der Waals surface area (Å²) < 4.78 is 7.19. The fourth-order valence-electron chi connectivity index (χ4n) is 3.66. The minimum absolute atomic E-state index is 0.0352. The molecule has 0 saturated carbocycles. The minimum Gasteiger partial charge on any atom is -0.360 e. The zero-order valence-electron chi connectivity index (χ0n) is 16.7. The third-order valence-corrected chi connectivity index (χ3v) is 5.07. The Bertz CT molecular complexity index is 1050. The summed E-state index contributed by atoms with van der Waals surface area (Å²) >= 11 is 0. The second-order valence-electron chi connectivity index (χ2n) is 7.53. The van der Waals surface area contributed by atoms with Gasteiger partial charge in [0.1, 0.15) is 23.1 Å². The first kappa shape index (κ1) is 19.1. The summed E-state index contributed by atoms with van der Waals surface area (Å²) in [6.07, 6.45) is 1.38. The predicted octanol–water partition coefficient (Wildman–Crippen LogP) is 3.48. The van der Waals surface area contributed by atoms with E-state index in [1.165, 1.54) is 0 Å². The lowest BCUT2D eigenvalue weighted by molar-refractivity contribution is -0.124. The third kappa shape index (κ3) is 4.29. The van der Waals surface area contributed by atoms with Gasteiger partial charge in [0.15, 0.2) is 0 Å². The highest BCUT2D eigenvalue weighted by molar-refractivity contribution is 5.95. The molecule has 0 saturated heterocycles. The maximum atomic E-state index is 12.6. The van der Waals surface area contributed by atoms with Crippen LogP contribution < -0.4 is 4.90 Å². The van der Waals surface area contributed by atoms with E-state index >= 15 is 0 Å². The van der Waals surface area contributed by atoms with Crippen molar-refractivity contribution in [2.75, 3.05) is 11.4 Å². The first-order valence-electron chi connectivity index (χ1n) is 9.89. The Kier molecular flexibility index (Phi) is 5.29. The van der Waals surface area contributed by atoms with E-state index in [0.29, 0.717) is 18.0 Å². The molecule has 0 bridgehead atoms. The molecule has 1 amide bonds. The molecule has 1 aliphatic heterocycles. The smallest absolute Gasteiger partial charge is 0.228 e. The fraction of sp³-hybridized carbons (Fsp3) is 0.364. The number of carbonyl (C=O) groups excluding carboxylic acids is 2. The van der Waals surface area contributed by atoms with Crippen molar-refractivity contribution in [2.24, 2.45) is 0 Å². The molecule has 7 heteroatoms. The summed E-state index contributed by atoms with van der Waals surface area (Å²) in [5.41, 5.74) is 3.70. The topological polar surface area (TPSA) is 81.2 Å². The zero-order chi connectivity index (χ0) is 20.4. The number of Topliss-reactive ketones (excluding diaryl/α,β-unsaturated/α-hetero) is 1. The van der Waals surface area contributed by atoms with Gasteiger partial charge in [0.2, 0.25) is 5.91 Å². The lowest BCUT2D eigenvalue weighted by Crippen LogP contribution is -2.37. The maximum absolute atomic E-state index is 12.6. The van der Waals surface area contributed by atoms with E-state index < -0.39 is 0 Å². The van der Waals surface area contributed by atoms with Crippen LogP contribution in [0.1, 0.15) is 36.3 Å². The molecule has 3 heterocycles. The summed E-state index contributed by atoms with van der Waals surface area (Å²) in [4.78, 5) is 26.8. The molecule has 29 heavy (non-hydrogen) atoms. The number of rotatable bonds is 6. The summed E-state index contributed by atoms with van der Waals surface area (Å²) in [5.74, 6) is 1.26. The van der Waals surface area contributed by atoms with Gasteiger partial charge in [-0.05, 0) is 26.3 Å². The van der Waals surface area contributed by atoms with Crippen molar-refractivity contribution >= 4 is 17.5 Å². The molecule has 3 aromatic rings.